The van der Waals surface area contributed by atoms with Crippen molar-refractivity contribution in [3.63, 3.8) is 0 Å². The second kappa shape index (κ2) is 6.63. The van der Waals surface area contributed by atoms with E-state index in [1.54, 1.807) is 5.38 Å². The molecule has 0 unspecified atom stereocenters. The van der Waals surface area contributed by atoms with Gasteiger partial charge in [-0.2, -0.15) is 0 Å². The van der Waals surface area contributed by atoms with Crippen LogP contribution in [0.25, 0.3) is 0 Å². The summed E-state index contributed by atoms with van der Waals surface area (Å²) < 4.78 is 0. The Balaban J connectivity index is 2.05. The van der Waals surface area contributed by atoms with Crippen LogP contribution in [-0.2, 0) is 6.42 Å². The van der Waals surface area contributed by atoms with Gasteiger partial charge in [0.1, 0.15) is 5.69 Å². The lowest BCUT2D eigenvalue weighted by Crippen LogP contribution is -2.27. The lowest BCUT2D eigenvalue weighted by molar-refractivity contribution is 0.0935. The first-order chi connectivity index (χ1) is 9.61. The minimum Gasteiger partial charge on any atom is -0.344 e. The van der Waals surface area contributed by atoms with E-state index in [1.165, 1.54) is 16.9 Å². The molecule has 5 heteroatoms. The topological polar surface area (TPSA) is 68.0 Å². The molecule has 0 bridgehead atoms. The van der Waals surface area contributed by atoms with E-state index in [4.69, 9.17) is 5.73 Å². The van der Waals surface area contributed by atoms with Crippen LogP contribution in [0.5, 0.6) is 0 Å². The van der Waals surface area contributed by atoms with E-state index in [1.807, 2.05) is 38.1 Å². The number of benzene rings is 1. The Labute approximate surface area is 123 Å². The number of aryl methyl sites for hydroxylation is 1. The van der Waals surface area contributed by atoms with E-state index in [0.717, 1.165) is 10.6 Å². The molecule has 0 aliphatic carbocycles. The molecule has 1 atom stereocenters. The molecule has 106 valence electrons. The Morgan fingerprint density at radius 2 is 2.20 bits per heavy atom. The minimum atomic E-state index is -0.139. The second-order valence-electron chi connectivity index (χ2n) is 4.72. The predicted molar refractivity (Wildman–Crippen MR) is 81.9 cm³/mol. The number of amides is 1. The van der Waals surface area contributed by atoms with E-state index in [-0.39, 0.29) is 11.9 Å². The fraction of sp³-hybridized carbons (Fsp3) is 0.333. The van der Waals surface area contributed by atoms with Crippen LogP contribution in [0.2, 0.25) is 0 Å². The third-order valence-electron chi connectivity index (χ3n) is 3.15. The number of thiazole rings is 1. The Bertz CT molecular complexity index is 594. The smallest absolute Gasteiger partial charge is 0.271 e. The van der Waals surface area contributed by atoms with Crippen molar-refractivity contribution in [1.82, 2.24) is 10.3 Å². The molecule has 0 fully saturated rings. The molecular formula is C15H19N3OS. The molecule has 3 N–H and O–H groups in total. The SMILES string of the molecule is Cc1ccccc1[C@@H](C)NC(=O)c1csc(CCN)n1. The summed E-state index contributed by atoms with van der Waals surface area (Å²) in [5.74, 6) is -0.139. The molecule has 0 spiro atoms. The summed E-state index contributed by atoms with van der Waals surface area (Å²) in [5, 5.41) is 5.67. The summed E-state index contributed by atoms with van der Waals surface area (Å²) in [5.41, 5.74) is 8.25. The summed E-state index contributed by atoms with van der Waals surface area (Å²) >= 11 is 1.48. The average Bonchev–Trinajstić information content (AvgIpc) is 2.88. The number of hydrogen-bond acceptors (Lipinski definition) is 4. The van der Waals surface area contributed by atoms with E-state index in [0.29, 0.717) is 18.7 Å². The number of nitrogens with zero attached hydrogens (tertiary/aromatic N) is 1. The summed E-state index contributed by atoms with van der Waals surface area (Å²) in [6, 6.07) is 8.00. The van der Waals surface area contributed by atoms with Crippen LogP contribution in [0.15, 0.2) is 29.6 Å². The van der Waals surface area contributed by atoms with Crippen molar-refractivity contribution in [2.24, 2.45) is 5.73 Å². The van der Waals surface area contributed by atoms with Gasteiger partial charge in [-0.15, -0.1) is 11.3 Å². The molecule has 0 aliphatic rings. The van der Waals surface area contributed by atoms with Crippen LogP contribution in [0.1, 0.15) is 39.6 Å². The largest absolute Gasteiger partial charge is 0.344 e. The highest BCUT2D eigenvalue weighted by Gasteiger charge is 2.15. The maximum Gasteiger partial charge on any atom is 0.271 e. The maximum absolute atomic E-state index is 12.2. The third-order valence-corrected chi connectivity index (χ3v) is 4.05. The molecule has 1 amide bonds. The van der Waals surface area contributed by atoms with Crippen molar-refractivity contribution in [3.05, 3.63) is 51.5 Å². The molecule has 0 aliphatic heterocycles. The Hall–Kier alpha value is -1.72. The third kappa shape index (κ3) is 3.43. The minimum absolute atomic E-state index is 0.0386. The Morgan fingerprint density at radius 3 is 2.90 bits per heavy atom. The summed E-state index contributed by atoms with van der Waals surface area (Å²) in [6.45, 7) is 4.57. The van der Waals surface area contributed by atoms with Gasteiger partial charge in [0.05, 0.1) is 11.0 Å². The number of nitrogens with two attached hydrogens (primary N) is 1. The summed E-state index contributed by atoms with van der Waals surface area (Å²) in [6.07, 6.45) is 0.714. The molecule has 20 heavy (non-hydrogen) atoms. The summed E-state index contributed by atoms with van der Waals surface area (Å²) in [7, 11) is 0. The van der Waals surface area contributed by atoms with E-state index >= 15 is 0 Å². The van der Waals surface area contributed by atoms with Crippen LogP contribution in [0.4, 0.5) is 0 Å². The zero-order chi connectivity index (χ0) is 14.5. The quantitative estimate of drug-likeness (QED) is 0.888. The van der Waals surface area contributed by atoms with E-state index in [2.05, 4.69) is 10.3 Å². The standard InChI is InChI=1S/C15H19N3OS/c1-10-5-3-4-6-12(10)11(2)17-15(19)13-9-20-14(18-13)7-8-16/h3-6,9,11H,7-8,16H2,1-2H3,(H,17,19)/t11-/m1/s1. The van der Waals surface area contributed by atoms with Gasteiger partial charge in [0, 0.05) is 11.8 Å². The second-order valence-corrected chi connectivity index (χ2v) is 5.66. The molecule has 2 rings (SSSR count). The van der Waals surface area contributed by atoms with Crippen LogP contribution >= 0.6 is 11.3 Å². The number of aromatic nitrogens is 1. The van der Waals surface area contributed by atoms with Gasteiger partial charge in [0.2, 0.25) is 0 Å². The van der Waals surface area contributed by atoms with Gasteiger partial charge in [-0.25, -0.2) is 4.98 Å². The van der Waals surface area contributed by atoms with Gasteiger partial charge in [-0.1, -0.05) is 24.3 Å². The molecular weight excluding hydrogens is 270 g/mol. The monoisotopic (exact) mass is 289 g/mol. The Kier molecular flexibility index (Phi) is 4.87. The van der Waals surface area contributed by atoms with Gasteiger partial charge in [0.15, 0.2) is 0 Å². The highest BCUT2D eigenvalue weighted by Crippen LogP contribution is 2.18. The van der Waals surface area contributed by atoms with Crippen molar-refractivity contribution in [2.45, 2.75) is 26.3 Å². The molecule has 2 aromatic rings. The molecule has 1 aromatic carbocycles. The normalized spacial score (nSPS) is 12.2. The van der Waals surface area contributed by atoms with Crippen LogP contribution in [-0.4, -0.2) is 17.4 Å². The van der Waals surface area contributed by atoms with Crippen LogP contribution < -0.4 is 11.1 Å². The van der Waals surface area contributed by atoms with E-state index in [9.17, 15) is 4.79 Å². The number of carbonyl (C=O) groups is 1. The van der Waals surface area contributed by atoms with Crippen LogP contribution in [0.3, 0.4) is 0 Å². The van der Waals surface area contributed by atoms with Gasteiger partial charge in [-0.05, 0) is 31.5 Å². The zero-order valence-electron chi connectivity index (χ0n) is 11.7. The molecule has 1 heterocycles. The first-order valence-electron chi connectivity index (χ1n) is 6.62. The predicted octanol–water partition coefficient (Wildman–Crippen LogP) is 2.44. The number of rotatable bonds is 5. The lowest BCUT2D eigenvalue weighted by Gasteiger charge is -2.15. The van der Waals surface area contributed by atoms with Crippen molar-refractivity contribution in [2.75, 3.05) is 6.54 Å². The van der Waals surface area contributed by atoms with Gasteiger partial charge in [-0.3, -0.25) is 4.79 Å². The van der Waals surface area contributed by atoms with Crippen molar-refractivity contribution in [1.29, 1.82) is 0 Å². The highest BCUT2D eigenvalue weighted by molar-refractivity contribution is 7.09. The van der Waals surface area contributed by atoms with Crippen molar-refractivity contribution < 1.29 is 4.79 Å². The number of hydrogen-bond donors (Lipinski definition) is 2. The fourth-order valence-corrected chi connectivity index (χ4v) is 2.87. The van der Waals surface area contributed by atoms with Crippen LogP contribution in [0, 0.1) is 6.92 Å². The highest BCUT2D eigenvalue weighted by atomic mass is 32.1. The fourth-order valence-electron chi connectivity index (χ4n) is 2.07. The molecule has 4 nitrogen and oxygen atoms in total. The molecule has 0 saturated carbocycles. The molecule has 0 saturated heterocycles. The van der Waals surface area contributed by atoms with E-state index < -0.39 is 0 Å². The van der Waals surface area contributed by atoms with Crippen molar-refractivity contribution in [3.8, 4) is 0 Å². The van der Waals surface area contributed by atoms with Crippen molar-refractivity contribution >= 4 is 17.2 Å². The lowest BCUT2D eigenvalue weighted by atomic mass is 10.0. The molecule has 1 aromatic heterocycles. The average molecular weight is 289 g/mol. The molecule has 0 radical (unpaired) electrons. The maximum atomic E-state index is 12.2. The number of carbonyl (C=O) groups excluding carboxylic acids is 1. The van der Waals surface area contributed by atoms with Gasteiger partial charge in [0.25, 0.3) is 5.91 Å². The first-order valence-corrected chi connectivity index (χ1v) is 7.50. The van der Waals surface area contributed by atoms with Gasteiger partial charge >= 0.3 is 0 Å². The number of nitrogens with one attached hydrogen (secondary N) is 1. The van der Waals surface area contributed by atoms with Gasteiger partial charge < -0.3 is 11.1 Å². The summed E-state index contributed by atoms with van der Waals surface area (Å²) in [4.78, 5) is 16.5. The first kappa shape index (κ1) is 14.7. The zero-order valence-corrected chi connectivity index (χ0v) is 12.5. The Morgan fingerprint density at radius 1 is 1.45 bits per heavy atom.